The van der Waals surface area contributed by atoms with E-state index in [9.17, 15) is 9.59 Å². The summed E-state index contributed by atoms with van der Waals surface area (Å²) < 4.78 is 4.60. The maximum Gasteiger partial charge on any atom is 0.275 e. The number of rotatable bonds is 6. The summed E-state index contributed by atoms with van der Waals surface area (Å²) in [6.07, 6.45) is 2.87. The van der Waals surface area contributed by atoms with Crippen molar-refractivity contribution < 1.29 is 4.79 Å². The molecule has 0 aliphatic carbocycles. The van der Waals surface area contributed by atoms with Crippen LogP contribution in [-0.2, 0) is 17.9 Å². The second-order valence-electron chi connectivity index (χ2n) is 7.22. The Kier molecular flexibility index (Phi) is 5.53. The van der Waals surface area contributed by atoms with Gasteiger partial charge in [-0.15, -0.1) is 0 Å². The van der Waals surface area contributed by atoms with Gasteiger partial charge in [0, 0.05) is 30.2 Å². The number of amides is 1. The Morgan fingerprint density at radius 2 is 1.90 bits per heavy atom. The van der Waals surface area contributed by atoms with E-state index >= 15 is 0 Å². The van der Waals surface area contributed by atoms with Crippen molar-refractivity contribution in [3.8, 4) is 0 Å². The number of carbonyl (C=O) groups is 1. The lowest BCUT2D eigenvalue weighted by Gasteiger charge is -2.13. The fourth-order valence-electron chi connectivity index (χ4n) is 3.66. The third-order valence-electron chi connectivity index (χ3n) is 5.06. The second-order valence-corrected chi connectivity index (χ2v) is 8.14. The van der Waals surface area contributed by atoms with Crippen molar-refractivity contribution in [2.24, 2.45) is 0 Å². The van der Waals surface area contributed by atoms with Crippen LogP contribution in [0.2, 0.25) is 0 Å². The maximum atomic E-state index is 13.0. The highest BCUT2D eigenvalue weighted by atomic mass is 79.9. The molecular weight excluding hydrogens is 430 g/mol. The van der Waals surface area contributed by atoms with Gasteiger partial charge in [-0.2, -0.15) is 0 Å². The number of nitrogens with one attached hydrogen (secondary N) is 1. The molecule has 0 bridgehead atoms. The van der Waals surface area contributed by atoms with E-state index in [4.69, 9.17) is 0 Å². The molecule has 0 unspecified atom stereocenters. The first kappa shape index (κ1) is 19.5. The van der Waals surface area contributed by atoms with Crippen LogP contribution in [0.25, 0.3) is 16.6 Å². The van der Waals surface area contributed by atoms with Gasteiger partial charge in [0.15, 0.2) is 0 Å². The molecule has 29 heavy (non-hydrogen) atoms. The van der Waals surface area contributed by atoms with Gasteiger partial charge in [0.2, 0.25) is 5.91 Å². The van der Waals surface area contributed by atoms with Gasteiger partial charge in [0.1, 0.15) is 5.52 Å². The van der Waals surface area contributed by atoms with Crippen LogP contribution in [0.3, 0.4) is 0 Å². The average Bonchev–Trinajstić information content (AvgIpc) is 3.19. The largest absolute Gasteiger partial charge is 0.352 e. The quantitative estimate of drug-likeness (QED) is 0.471. The zero-order valence-corrected chi connectivity index (χ0v) is 17.8. The van der Waals surface area contributed by atoms with E-state index in [-0.39, 0.29) is 11.5 Å². The van der Waals surface area contributed by atoms with Gasteiger partial charge >= 0.3 is 0 Å². The topological polar surface area (TPSA) is 55.5 Å². The fraction of sp³-hybridized carbons (Fsp3) is 0.217. The third kappa shape index (κ3) is 4.12. The molecule has 2 aromatic carbocycles. The Bertz CT molecular complexity index is 1260. The molecule has 4 aromatic rings. The number of nitrogens with zero attached hydrogens (tertiary/aromatic N) is 2. The van der Waals surface area contributed by atoms with E-state index in [2.05, 4.69) is 27.3 Å². The Hall–Kier alpha value is -2.86. The molecule has 4 rings (SSSR count). The molecule has 0 atom stereocenters. The smallest absolute Gasteiger partial charge is 0.275 e. The highest BCUT2D eigenvalue weighted by molar-refractivity contribution is 9.10. The van der Waals surface area contributed by atoms with Crippen molar-refractivity contribution in [1.82, 2.24) is 14.3 Å². The van der Waals surface area contributed by atoms with E-state index in [0.29, 0.717) is 31.4 Å². The van der Waals surface area contributed by atoms with Gasteiger partial charge in [-0.25, -0.2) is 0 Å². The minimum absolute atomic E-state index is 0.00574. The van der Waals surface area contributed by atoms with Crippen molar-refractivity contribution in [1.29, 1.82) is 0 Å². The van der Waals surface area contributed by atoms with Crippen LogP contribution in [0.15, 0.2) is 70.1 Å². The molecule has 0 aliphatic rings. The summed E-state index contributed by atoms with van der Waals surface area (Å²) >= 11 is 3.50. The molecule has 0 saturated heterocycles. The lowest BCUT2D eigenvalue weighted by atomic mass is 10.1. The summed E-state index contributed by atoms with van der Waals surface area (Å²) in [6, 6.07) is 17.7. The van der Waals surface area contributed by atoms with Crippen molar-refractivity contribution >= 4 is 38.4 Å². The van der Waals surface area contributed by atoms with Crippen LogP contribution in [0.1, 0.15) is 24.0 Å². The summed E-state index contributed by atoms with van der Waals surface area (Å²) in [5.74, 6) is -0.00574. The van der Waals surface area contributed by atoms with Crippen LogP contribution in [0.5, 0.6) is 0 Å². The minimum atomic E-state index is -0.0410. The van der Waals surface area contributed by atoms with Crippen LogP contribution in [-0.4, -0.2) is 14.9 Å². The lowest BCUT2D eigenvalue weighted by Crippen LogP contribution is -2.25. The van der Waals surface area contributed by atoms with Crippen molar-refractivity contribution in [2.45, 2.75) is 32.9 Å². The van der Waals surface area contributed by atoms with Gasteiger partial charge < -0.3 is 14.3 Å². The standard InChI is InChI=1S/C23H22BrN3O2/c1-16-5-2-6-17(13-16)15-25-22(28)8-4-12-27-21-14-18(24)9-10-19(21)26-11-3-7-20(26)23(27)29/h2-3,5-7,9-11,13-14H,4,8,12,15H2,1H3,(H,25,28). The second kappa shape index (κ2) is 8.25. The zero-order valence-electron chi connectivity index (χ0n) is 16.2. The first-order valence-electron chi connectivity index (χ1n) is 9.64. The average molecular weight is 452 g/mol. The monoisotopic (exact) mass is 451 g/mol. The van der Waals surface area contributed by atoms with Crippen LogP contribution >= 0.6 is 15.9 Å². The number of hydrogen-bond donors (Lipinski definition) is 1. The molecule has 0 fully saturated rings. The van der Waals surface area contributed by atoms with Gasteiger partial charge in [0.25, 0.3) is 5.56 Å². The molecular formula is C23H22BrN3O2. The number of hydrogen-bond acceptors (Lipinski definition) is 2. The van der Waals surface area contributed by atoms with E-state index in [1.165, 1.54) is 5.56 Å². The number of halogens is 1. The summed E-state index contributed by atoms with van der Waals surface area (Å²) in [5, 5.41) is 2.96. The first-order chi connectivity index (χ1) is 14.0. The molecule has 2 heterocycles. The summed E-state index contributed by atoms with van der Waals surface area (Å²) in [7, 11) is 0. The highest BCUT2D eigenvalue weighted by Gasteiger charge is 2.11. The Labute approximate surface area is 177 Å². The number of benzene rings is 2. The summed E-state index contributed by atoms with van der Waals surface area (Å²) in [4.78, 5) is 25.2. The summed E-state index contributed by atoms with van der Waals surface area (Å²) in [5.41, 5.74) is 4.69. The van der Waals surface area contributed by atoms with Gasteiger partial charge in [-0.3, -0.25) is 9.59 Å². The van der Waals surface area contributed by atoms with Gasteiger partial charge in [-0.1, -0.05) is 45.8 Å². The number of fused-ring (bicyclic) bond motifs is 3. The number of carbonyl (C=O) groups excluding carboxylic acids is 1. The molecule has 6 heteroatoms. The fourth-order valence-corrected chi connectivity index (χ4v) is 4.01. The Morgan fingerprint density at radius 1 is 1.03 bits per heavy atom. The van der Waals surface area contributed by atoms with E-state index < -0.39 is 0 Å². The van der Waals surface area contributed by atoms with Gasteiger partial charge in [0.05, 0.1) is 11.0 Å². The molecule has 0 spiro atoms. The predicted molar refractivity (Wildman–Crippen MR) is 119 cm³/mol. The molecule has 1 amide bonds. The maximum absolute atomic E-state index is 13.0. The van der Waals surface area contributed by atoms with Crippen LogP contribution < -0.4 is 10.9 Å². The summed E-state index contributed by atoms with van der Waals surface area (Å²) in [6.45, 7) is 3.05. The van der Waals surface area contributed by atoms with E-state index in [1.54, 1.807) is 4.57 Å². The van der Waals surface area contributed by atoms with Gasteiger partial charge in [-0.05, 0) is 49.2 Å². The molecule has 0 aliphatic heterocycles. The zero-order chi connectivity index (χ0) is 20.4. The Balaban J connectivity index is 1.48. The van der Waals surface area contributed by atoms with Crippen molar-refractivity contribution in [3.63, 3.8) is 0 Å². The number of aryl methyl sites for hydroxylation is 2. The van der Waals surface area contributed by atoms with Crippen LogP contribution in [0.4, 0.5) is 0 Å². The lowest BCUT2D eigenvalue weighted by molar-refractivity contribution is -0.121. The third-order valence-corrected chi connectivity index (χ3v) is 5.55. The van der Waals surface area contributed by atoms with Crippen molar-refractivity contribution in [3.05, 3.63) is 86.7 Å². The molecule has 0 saturated carbocycles. The molecule has 5 nitrogen and oxygen atoms in total. The van der Waals surface area contributed by atoms with E-state index in [1.807, 2.05) is 66.1 Å². The SMILES string of the molecule is Cc1cccc(CNC(=O)CCCn2c(=O)c3cccn3c3ccc(Br)cc32)c1. The van der Waals surface area contributed by atoms with E-state index in [0.717, 1.165) is 21.1 Å². The molecule has 0 radical (unpaired) electrons. The Morgan fingerprint density at radius 3 is 2.72 bits per heavy atom. The first-order valence-corrected chi connectivity index (χ1v) is 10.4. The predicted octanol–water partition coefficient (Wildman–Crippen LogP) is 4.42. The number of aromatic nitrogens is 2. The molecule has 1 N–H and O–H groups in total. The van der Waals surface area contributed by atoms with Crippen molar-refractivity contribution in [2.75, 3.05) is 0 Å². The highest BCUT2D eigenvalue weighted by Crippen LogP contribution is 2.20. The minimum Gasteiger partial charge on any atom is -0.352 e. The molecule has 2 aromatic heterocycles. The normalized spacial score (nSPS) is 11.2. The van der Waals surface area contributed by atoms with Crippen LogP contribution in [0, 0.1) is 6.92 Å². The molecule has 148 valence electrons.